The van der Waals surface area contributed by atoms with Crippen molar-refractivity contribution in [1.82, 2.24) is 0 Å². The Balaban J connectivity index is 1.38. The average molecular weight is 589 g/mol. The zero-order valence-electron chi connectivity index (χ0n) is 23.1. The minimum atomic E-state index is -3.99. The molecule has 8 heteroatoms. The lowest BCUT2D eigenvalue weighted by Crippen LogP contribution is -2.36. The molecule has 0 aliphatic carbocycles. The highest BCUT2D eigenvalue weighted by Crippen LogP contribution is 2.57. The van der Waals surface area contributed by atoms with Crippen LogP contribution in [0.5, 0.6) is 11.5 Å². The zero-order valence-corrected chi connectivity index (χ0v) is 23.9. The van der Waals surface area contributed by atoms with Crippen LogP contribution >= 0.6 is 0 Å². The Kier molecular flexibility index (Phi) is 6.83. The maximum atomic E-state index is 14.4. The number of rotatable bonds is 7. The van der Waals surface area contributed by atoms with Crippen molar-refractivity contribution in [3.63, 3.8) is 0 Å². The second-order valence-electron chi connectivity index (χ2n) is 10.5. The summed E-state index contributed by atoms with van der Waals surface area (Å²) in [6.07, 6.45) is 0. The van der Waals surface area contributed by atoms with E-state index in [1.165, 1.54) is 4.31 Å². The molecule has 0 bridgehead atoms. The number of nitrogens with one attached hydrogen (secondary N) is 1. The first-order valence-electron chi connectivity index (χ1n) is 14.0. The first-order chi connectivity index (χ1) is 21.0. The van der Waals surface area contributed by atoms with Crippen LogP contribution in [0, 0.1) is 0 Å². The summed E-state index contributed by atoms with van der Waals surface area (Å²) in [5.41, 5.74) is 3.94. The molecule has 0 radical (unpaired) electrons. The van der Waals surface area contributed by atoms with E-state index < -0.39 is 16.1 Å². The average Bonchev–Trinajstić information content (AvgIpc) is 3.39. The van der Waals surface area contributed by atoms with E-state index in [0.717, 1.165) is 16.7 Å². The highest BCUT2D eigenvalue weighted by Gasteiger charge is 2.49. The molecule has 0 spiro atoms. The van der Waals surface area contributed by atoms with Crippen molar-refractivity contribution in [1.29, 1.82) is 0 Å². The number of carbonyl (C=O) groups is 1. The van der Waals surface area contributed by atoms with Crippen LogP contribution in [0.1, 0.15) is 39.0 Å². The molecular formula is C35H28N2O5S. The third-order valence-corrected chi connectivity index (χ3v) is 9.69. The number of hydrogen-bond donors (Lipinski definition) is 1. The van der Waals surface area contributed by atoms with Crippen molar-refractivity contribution >= 4 is 27.3 Å². The maximum Gasteiger partial charge on any atom is 0.264 e. The van der Waals surface area contributed by atoms with Crippen LogP contribution in [0.3, 0.4) is 0 Å². The van der Waals surface area contributed by atoms with Crippen LogP contribution in [0.4, 0.5) is 11.4 Å². The van der Waals surface area contributed by atoms with Gasteiger partial charge in [-0.1, -0.05) is 84.9 Å². The third-order valence-electron chi connectivity index (χ3n) is 7.88. The molecule has 2 heterocycles. The molecule has 214 valence electrons. The maximum absolute atomic E-state index is 14.4. The molecule has 1 amide bonds. The molecule has 0 aromatic heterocycles. The van der Waals surface area contributed by atoms with Crippen LogP contribution in [-0.4, -0.2) is 20.9 Å². The predicted molar refractivity (Wildman–Crippen MR) is 165 cm³/mol. The highest BCUT2D eigenvalue weighted by molar-refractivity contribution is 7.92. The van der Waals surface area contributed by atoms with Crippen LogP contribution in [0.25, 0.3) is 0 Å². The fourth-order valence-corrected chi connectivity index (χ4v) is 7.54. The quantitative estimate of drug-likeness (QED) is 0.223. The van der Waals surface area contributed by atoms with Gasteiger partial charge in [0.1, 0.15) is 18.1 Å². The minimum Gasteiger partial charge on any atom is -0.492 e. The van der Waals surface area contributed by atoms with Gasteiger partial charge in [-0.05, 0) is 47.5 Å². The van der Waals surface area contributed by atoms with Crippen molar-refractivity contribution in [2.75, 3.05) is 16.2 Å². The fraction of sp³-hybridized carbons (Fsp3) is 0.114. The van der Waals surface area contributed by atoms with E-state index in [9.17, 15) is 13.2 Å². The number of para-hydroxylation sites is 1. The standard InChI is InChI=1S/C35H28N2O5S/c38-35(25-14-6-2-7-15-25)36-30-20-28-29-23-42-32-19-11-10-18-27(32)34(29)37(43(39,40)26-16-8-3-9-17-26)31(28)21-33(30)41-22-24-12-4-1-5-13-24/h1-21,29,34H,22-23H2,(H,36,38)/t29-,34-/m1/s1. The molecule has 2 aliphatic heterocycles. The van der Waals surface area contributed by atoms with Gasteiger partial charge in [-0.3, -0.25) is 9.10 Å². The Morgan fingerprint density at radius 1 is 0.814 bits per heavy atom. The summed E-state index contributed by atoms with van der Waals surface area (Å²) in [5, 5.41) is 3.02. The lowest BCUT2D eigenvalue weighted by molar-refractivity contribution is 0.102. The molecule has 5 aromatic carbocycles. The second kappa shape index (κ2) is 11.0. The van der Waals surface area contributed by atoms with E-state index in [1.54, 1.807) is 60.7 Å². The van der Waals surface area contributed by atoms with E-state index >= 15 is 0 Å². The van der Waals surface area contributed by atoms with Gasteiger partial charge >= 0.3 is 0 Å². The molecule has 1 N–H and O–H groups in total. The smallest absolute Gasteiger partial charge is 0.264 e. The van der Waals surface area contributed by atoms with Crippen molar-refractivity contribution in [3.05, 3.63) is 150 Å². The number of anilines is 2. The van der Waals surface area contributed by atoms with Gasteiger partial charge in [0, 0.05) is 23.1 Å². The number of carbonyl (C=O) groups excluding carboxylic acids is 1. The topological polar surface area (TPSA) is 84.9 Å². The lowest BCUT2D eigenvalue weighted by atomic mass is 9.88. The van der Waals surface area contributed by atoms with Gasteiger partial charge in [-0.2, -0.15) is 0 Å². The molecule has 5 aromatic rings. The van der Waals surface area contributed by atoms with Crippen LogP contribution in [0.15, 0.2) is 132 Å². The Morgan fingerprint density at radius 3 is 2.21 bits per heavy atom. The van der Waals surface area contributed by atoms with Gasteiger partial charge in [0.25, 0.3) is 15.9 Å². The Bertz CT molecular complexity index is 1900. The van der Waals surface area contributed by atoms with Crippen LogP contribution in [-0.2, 0) is 16.6 Å². The number of amides is 1. The van der Waals surface area contributed by atoms with Crippen molar-refractivity contribution in [3.8, 4) is 11.5 Å². The highest BCUT2D eigenvalue weighted by atomic mass is 32.2. The van der Waals surface area contributed by atoms with E-state index in [4.69, 9.17) is 9.47 Å². The minimum absolute atomic E-state index is 0.193. The van der Waals surface area contributed by atoms with E-state index in [-0.39, 0.29) is 29.9 Å². The number of ether oxygens (including phenoxy) is 2. The SMILES string of the molecule is O=C(Nc1cc2c(cc1OCc1ccccc1)N(S(=O)(=O)c1ccccc1)[C@@H]1c3ccccc3OC[C@H]21)c1ccccc1. The number of nitrogens with zero attached hydrogens (tertiary/aromatic N) is 1. The molecule has 0 unspecified atom stereocenters. The van der Waals surface area contributed by atoms with Gasteiger partial charge in [-0.25, -0.2) is 8.42 Å². The summed E-state index contributed by atoms with van der Waals surface area (Å²) in [7, 11) is -3.99. The molecule has 0 fully saturated rings. The Morgan fingerprint density at radius 2 is 1.47 bits per heavy atom. The predicted octanol–water partition coefficient (Wildman–Crippen LogP) is 6.94. The monoisotopic (exact) mass is 588 g/mol. The zero-order chi connectivity index (χ0) is 29.4. The van der Waals surface area contributed by atoms with E-state index in [2.05, 4.69) is 5.32 Å². The number of hydrogen-bond acceptors (Lipinski definition) is 5. The van der Waals surface area contributed by atoms with Crippen molar-refractivity contribution in [2.45, 2.75) is 23.5 Å². The van der Waals surface area contributed by atoms with Crippen molar-refractivity contribution in [2.24, 2.45) is 0 Å². The van der Waals surface area contributed by atoms with Gasteiger partial charge in [0.2, 0.25) is 0 Å². The van der Waals surface area contributed by atoms with Gasteiger partial charge in [0.05, 0.1) is 28.9 Å². The second-order valence-corrected chi connectivity index (χ2v) is 12.3. The van der Waals surface area contributed by atoms with Crippen molar-refractivity contribution < 1.29 is 22.7 Å². The van der Waals surface area contributed by atoms with Gasteiger partial charge in [-0.15, -0.1) is 0 Å². The molecule has 2 aliphatic rings. The third kappa shape index (κ3) is 4.89. The first-order valence-corrected chi connectivity index (χ1v) is 15.5. The molecular weight excluding hydrogens is 560 g/mol. The number of benzene rings is 5. The summed E-state index contributed by atoms with van der Waals surface area (Å²) in [6, 6.07) is 37.6. The van der Waals surface area contributed by atoms with Gasteiger partial charge < -0.3 is 14.8 Å². The largest absolute Gasteiger partial charge is 0.492 e. The molecule has 2 atom stereocenters. The molecule has 7 nitrogen and oxygen atoms in total. The lowest BCUT2D eigenvalue weighted by Gasteiger charge is -2.34. The number of sulfonamides is 1. The molecule has 43 heavy (non-hydrogen) atoms. The summed E-state index contributed by atoms with van der Waals surface area (Å²) in [5.74, 6) is 0.425. The normalized spacial score (nSPS) is 16.8. The molecule has 0 saturated carbocycles. The van der Waals surface area contributed by atoms with Crippen LogP contribution < -0.4 is 19.1 Å². The molecule has 7 rings (SSSR count). The number of fused-ring (bicyclic) bond motifs is 5. The summed E-state index contributed by atoms with van der Waals surface area (Å²) in [6.45, 7) is 0.518. The van der Waals surface area contributed by atoms with E-state index in [0.29, 0.717) is 28.4 Å². The summed E-state index contributed by atoms with van der Waals surface area (Å²) >= 11 is 0. The summed E-state index contributed by atoms with van der Waals surface area (Å²) in [4.78, 5) is 13.5. The van der Waals surface area contributed by atoms with E-state index in [1.807, 2.05) is 66.7 Å². The van der Waals surface area contributed by atoms with Crippen LogP contribution in [0.2, 0.25) is 0 Å². The first kappa shape index (κ1) is 26.8. The molecule has 0 saturated heterocycles. The Labute approximate surface area is 250 Å². The fourth-order valence-electron chi connectivity index (χ4n) is 5.84. The van der Waals surface area contributed by atoms with Gasteiger partial charge in [0.15, 0.2) is 0 Å². The Hall–Kier alpha value is -5.08. The summed E-state index contributed by atoms with van der Waals surface area (Å²) < 4.78 is 42.7.